The van der Waals surface area contributed by atoms with E-state index in [0.717, 1.165) is 45.9 Å². The van der Waals surface area contributed by atoms with E-state index in [2.05, 4.69) is 36.1 Å². The molecule has 0 unspecified atom stereocenters. The van der Waals surface area contributed by atoms with E-state index in [1.165, 1.54) is 16.9 Å². The van der Waals surface area contributed by atoms with Crippen molar-refractivity contribution in [2.24, 2.45) is 0 Å². The number of carbonyl (C=O) groups is 1. The fraction of sp³-hybridized carbons (Fsp3) is 0.310. The first-order valence-corrected chi connectivity index (χ1v) is 13.1. The zero-order valence-electron chi connectivity index (χ0n) is 21.4. The first-order chi connectivity index (χ1) is 17.5. The number of nitrogens with one attached hydrogen (secondary N) is 1. The molecule has 0 bridgehead atoms. The molecule has 1 aromatic carbocycles. The fourth-order valence-electron chi connectivity index (χ4n) is 4.77. The highest BCUT2D eigenvalue weighted by Crippen LogP contribution is 2.43. The predicted molar refractivity (Wildman–Crippen MR) is 146 cm³/mol. The van der Waals surface area contributed by atoms with Gasteiger partial charge >= 0.3 is 5.97 Å². The second-order valence-electron chi connectivity index (χ2n) is 10.6. The summed E-state index contributed by atoms with van der Waals surface area (Å²) in [4.78, 5) is 26.2. The Morgan fingerprint density at radius 2 is 1.89 bits per heavy atom. The van der Waals surface area contributed by atoms with Crippen molar-refractivity contribution in [2.75, 3.05) is 5.32 Å². The topological polar surface area (TPSA) is 108 Å². The molecule has 190 valence electrons. The van der Waals surface area contributed by atoms with Crippen LogP contribution in [0, 0.1) is 6.92 Å². The summed E-state index contributed by atoms with van der Waals surface area (Å²) in [6, 6.07) is 13.0. The Morgan fingerprint density at radius 1 is 1.08 bits per heavy atom. The number of anilines is 2. The minimum Gasteiger partial charge on any atom is -0.478 e. The van der Waals surface area contributed by atoms with Crippen molar-refractivity contribution < 1.29 is 15.0 Å². The second-order valence-corrected chi connectivity index (χ2v) is 11.7. The summed E-state index contributed by atoms with van der Waals surface area (Å²) in [6.07, 6.45) is 5.57. The number of rotatable bonds is 5. The first-order valence-electron chi connectivity index (χ1n) is 12.3. The molecule has 4 aromatic rings. The van der Waals surface area contributed by atoms with E-state index in [9.17, 15) is 15.0 Å². The molecule has 8 heteroatoms. The molecule has 0 saturated heterocycles. The van der Waals surface area contributed by atoms with Gasteiger partial charge in [0, 0.05) is 12.4 Å². The van der Waals surface area contributed by atoms with Gasteiger partial charge in [-0.05, 0) is 90.3 Å². The summed E-state index contributed by atoms with van der Waals surface area (Å²) in [7, 11) is 0. The Hall–Kier alpha value is -3.62. The van der Waals surface area contributed by atoms with Crippen molar-refractivity contribution in [3.63, 3.8) is 0 Å². The third-order valence-electron chi connectivity index (χ3n) is 6.75. The number of aromatic nitrogens is 3. The first kappa shape index (κ1) is 25.0. The molecule has 37 heavy (non-hydrogen) atoms. The quantitative estimate of drug-likeness (QED) is 0.290. The number of benzene rings is 1. The smallest absolute Gasteiger partial charge is 0.335 e. The Labute approximate surface area is 220 Å². The summed E-state index contributed by atoms with van der Waals surface area (Å²) in [5.41, 5.74) is 3.56. The SMILES string of the molecule is Cc1cc(Nc2cc(C(C)(C)C)ccn2)nc(-c2cnc([C@@]3(O)CCCc4cc(C(=O)O)ccc43)s2)c1. The van der Waals surface area contributed by atoms with E-state index in [0.29, 0.717) is 17.2 Å². The molecular weight excluding hydrogens is 484 g/mol. The maximum atomic E-state index is 11.7. The summed E-state index contributed by atoms with van der Waals surface area (Å²) in [6.45, 7) is 8.52. The average Bonchev–Trinajstić information content (AvgIpc) is 3.35. The third kappa shape index (κ3) is 4.99. The van der Waals surface area contributed by atoms with Gasteiger partial charge in [0.2, 0.25) is 0 Å². The number of nitrogens with zero attached hydrogens (tertiary/aromatic N) is 3. The number of aromatic carboxylic acids is 1. The Morgan fingerprint density at radius 3 is 2.65 bits per heavy atom. The van der Waals surface area contributed by atoms with Gasteiger partial charge in [-0.1, -0.05) is 26.8 Å². The van der Waals surface area contributed by atoms with Crippen LogP contribution in [0.4, 0.5) is 11.6 Å². The van der Waals surface area contributed by atoms with Crippen LogP contribution in [0.25, 0.3) is 10.6 Å². The normalized spacial score (nSPS) is 17.3. The second kappa shape index (κ2) is 9.36. The van der Waals surface area contributed by atoms with Crippen LogP contribution in [-0.4, -0.2) is 31.1 Å². The molecule has 1 atom stereocenters. The number of hydrogen-bond acceptors (Lipinski definition) is 7. The van der Waals surface area contributed by atoms with Crippen LogP contribution in [0.2, 0.25) is 0 Å². The van der Waals surface area contributed by atoms with Crippen LogP contribution in [0.5, 0.6) is 0 Å². The molecule has 0 radical (unpaired) electrons. The van der Waals surface area contributed by atoms with Crippen molar-refractivity contribution in [2.45, 2.75) is 58.0 Å². The monoisotopic (exact) mass is 514 g/mol. The number of aliphatic hydroxyl groups is 1. The van der Waals surface area contributed by atoms with Gasteiger partial charge in [0.05, 0.1) is 16.1 Å². The lowest BCUT2D eigenvalue weighted by Gasteiger charge is -2.33. The molecule has 1 aliphatic carbocycles. The minimum atomic E-state index is -1.25. The van der Waals surface area contributed by atoms with Crippen LogP contribution in [0.3, 0.4) is 0 Å². The highest BCUT2D eigenvalue weighted by atomic mass is 32.1. The van der Waals surface area contributed by atoms with Crippen LogP contribution in [0.15, 0.2) is 54.9 Å². The summed E-state index contributed by atoms with van der Waals surface area (Å²) >= 11 is 1.41. The highest BCUT2D eigenvalue weighted by molar-refractivity contribution is 7.15. The van der Waals surface area contributed by atoms with E-state index in [1.54, 1.807) is 30.6 Å². The molecule has 7 nitrogen and oxygen atoms in total. The molecule has 0 amide bonds. The maximum Gasteiger partial charge on any atom is 0.335 e. The largest absolute Gasteiger partial charge is 0.478 e. The molecule has 3 aromatic heterocycles. The van der Waals surface area contributed by atoms with Gasteiger partial charge in [-0.25, -0.2) is 19.7 Å². The average molecular weight is 515 g/mol. The number of aryl methyl sites for hydroxylation is 2. The highest BCUT2D eigenvalue weighted by Gasteiger charge is 2.39. The van der Waals surface area contributed by atoms with E-state index in [1.807, 2.05) is 31.2 Å². The summed E-state index contributed by atoms with van der Waals surface area (Å²) in [5.74, 6) is 0.450. The number of carboxylic acid groups (broad SMARTS) is 1. The van der Waals surface area contributed by atoms with E-state index >= 15 is 0 Å². The Kier molecular flexibility index (Phi) is 6.33. The third-order valence-corrected chi connectivity index (χ3v) is 7.92. The molecule has 0 aliphatic heterocycles. The summed E-state index contributed by atoms with van der Waals surface area (Å²) in [5, 5.41) is 25.0. The number of thiazole rings is 1. The van der Waals surface area contributed by atoms with Gasteiger partial charge in [0.1, 0.15) is 22.2 Å². The molecule has 3 heterocycles. The number of pyridine rings is 2. The number of carboxylic acids is 1. The molecule has 0 saturated carbocycles. The zero-order chi connectivity index (χ0) is 26.4. The van der Waals surface area contributed by atoms with Crippen LogP contribution in [0.1, 0.15) is 71.2 Å². The van der Waals surface area contributed by atoms with Gasteiger partial charge in [0.15, 0.2) is 0 Å². The van der Waals surface area contributed by atoms with Crippen LogP contribution < -0.4 is 5.32 Å². The number of fused-ring (bicyclic) bond motifs is 1. The van der Waals surface area contributed by atoms with Crippen molar-refractivity contribution in [1.82, 2.24) is 15.0 Å². The molecule has 5 rings (SSSR count). The summed E-state index contributed by atoms with van der Waals surface area (Å²) < 4.78 is 0. The van der Waals surface area contributed by atoms with Gasteiger partial charge in [-0.2, -0.15) is 0 Å². The maximum absolute atomic E-state index is 11.7. The van der Waals surface area contributed by atoms with Gasteiger partial charge in [-0.15, -0.1) is 11.3 Å². The minimum absolute atomic E-state index is 0.0107. The molecule has 0 spiro atoms. The lowest BCUT2D eigenvalue weighted by Crippen LogP contribution is -2.32. The van der Waals surface area contributed by atoms with Crippen LogP contribution in [-0.2, 0) is 17.4 Å². The Bertz CT molecular complexity index is 1490. The predicted octanol–water partition coefficient (Wildman–Crippen LogP) is 6.22. The van der Waals surface area contributed by atoms with Crippen LogP contribution >= 0.6 is 11.3 Å². The molecule has 0 fully saturated rings. The van der Waals surface area contributed by atoms with E-state index < -0.39 is 11.6 Å². The van der Waals surface area contributed by atoms with Crippen molar-refractivity contribution >= 4 is 28.9 Å². The Balaban J connectivity index is 1.46. The van der Waals surface area contributed by atoms with Gasteiger partial charge in [-0.3, -0.25) is 0 Å². The standard InChI is InChI=1S/C29H30N4O3S/c1-17-12-22(32-25(13-17)33-24-15-20(9-11-30-24)28(2,3)4)23-16-31-27(37-23)29(36)10-5-6-18-14-19(26(34)35)7-8-21(18)29/h7-9,11-16,36H,5-6,10H2,1-4H3,(H,34,35)(H,30,32,33)/t29-/m1/s1. The molecule has 3 N–H and O–H groups in total. The number of hydrogen-bond donors (Lipinski definition) is 3. The molecular formula is C29H30N4O3S. The van der Waals surface area contributed by atoms with Gasteiger partial charge in [0.25, 0.3) is 0 Å². The molecule has 1 aliphatic rings. The fourth-order valence-corrected chi connectivity index (χ4v) is 5.78. The van der Waals surface area contributed by atoms with E-state index in [4.69, 9.17) is 4.98 Å². The van der Waals surface area contributed by atoms with E-state index in [-0.39, 0.29) is 11.0 Å². The lowest BCUT2D eigenvalue weighted by atomic mass is 9.79. The van der Waals surface area contributed by atoms with Crippen molar-refractivity contribution in [3.8, 4) is 10.6 Å². The van der Waals surface area contributed by atoms with Crippen molar-refractivity contribution in [1.29, 1.82) is 0 Å². The van der Waals surface area contributed by atoms with Crippen molar-refractivity contribution in [3.05, 3.63) is 87.7 Å². The zero-order valence-corrected chi connectivity index (χ0v) is 22.2. The van der Waals surface area contributed by atoms with Gasteiger partial charge < -0.3 is 15.5 Å². The lowest BCUT2D eigenvalue weighted by molar-refractivity contribution is 0.0607.